The summed E-state index contributed by atoms with van der Waals surface area (Å²) in [6, 6.07) is 102. The number of anilines is 6. The van der Waals surface area contributed by atoms with Crippen LogP contribution in [0.3, 0.4) is 0 Å². The Kier molecular flexibility index (Phi) is 9.77. The van der Waals surface area contributed by atoms with E-state index >= 15 is 0 Å². The first-order valence-corrected chi connectivity index (χ1v) is 23.8. The molecule has 0 aliphatic heterocycles. The number of rotatable bonds is 9. The topological polar surface area (TPSA) is 6.48 Å². The summed E-state index contributed by atoms with van der Waals surface area (Å²) in [5.74, 6) is 0. The van der Waals surface area contributed by atoms with Gasteiger partial charge in [-0.3, -0.25) is 0 Å². The maximum absolute atomic E-state index is 2.42. The van der Waals surface area contributed by atoms with Crippen LogP contribution in [0.25, 0.3) is 55.6 Å². The maximum Gasteiger partial charge on any atom is 0.0725 e. The van der Waals surface area contributed by atoms with Crippen LogP contribution in [0, 0.1) is 0 Å². The Morgan fingerprint density at radius 3 is 0.957 bits per heavy atom. The van der Waals surface area contributed by atoms with Crippen molar-refractivity contribution >= 4 is 34.1 Å². The van der Waals surface area contributed by atoms with Gasteiger partial charge in [-0.25, -0.2) is 0 Å². The summed E-state index contributed by atoms with van der Waals surface area (Å²) in [4.78, 5) is 4.76. The summed E-state index contributed by atoms with van der Waals surface area (Å²) in [6.45, 7) is 0. The second-order valence-electron chi connectivity index (χ2n) is 18.1. The molecule has 2 aliphatic carbocycles. The van der Waals surface area contributed by atoms with E-state index in [2.05, 4.69) is 289 Å². The molecule has 324 valence electrons. The monoisotopic (exact) mass is 878 g/mol. The molecule has 0 saturated carbocycles. The van der Waals surface area contributed by atoms with E-state index in [4.69, 9.17) is 0 Å². The Balaban J connectivity index is 0.871. The van der Waals surface area contributed by atoms with Gasteiger partial charge >= 0.3 is 0 Å². The third-order valence-electron chi connectivity index (χ3n) is 14.2. The SMILES string of the molecule is c1ccc(-c2cc(-c3ccccc3)cc(N(c3ccccc3)c3ccc(-c4ccc(N(c5ccccc5)c5ccc6c(c5)-c5ccccc5C65c6ccccc6-c6ccccc65)cc4)cc3)c2)cc1. The molecule has 0 unspecified atom stereocenters. The Hall–Kier alpha value is -8.98. The van der Waals surface area contributed by atoms with Crippen LogP contribution in [-0.4, -0.2) is 0 Å². The second kappa shape index (κ2) is 16.7. The molecule has 0 amide bonds. The number of hydrogen-bond acceptors (Lipinski definition) is 2. The van der Waals surface area contributed by atoms with Gasteiger partial charge in [0.2, 0.25) is 0 Å². The molecule has 0 bridgehead atoms. The van der Waals surface area contributed by atoms with Gasteiger partial charge in [0.15, 0.2) is 0 Å². The van der Waals surface area contributed by atoms with Gasteiger partial charge in [-0.15, -0.1) is 0 Å². The molecule has 0 N–H and O–H groups in total. The van der Waals surface area contributed by atoms with Gasteiger partial charge in [-0.05, 0) is 157 Å². The van der Waals surface area contributed by atoms with Crippen LogP contribution < -0.4 is 9.80 Å². The van der Waals surface area contributed by atoms with Crippen molar-refractivity contribution in [1.29, 1.82) is 0 Å². The molecule has 0 saturated heterocycles. The first-order chi connectivity index (χ1) is 34.2. The molecule has 0 heterocycles. The largest absolute Gasteiger partial charge is 0.310 e. The average molecular weight is 879 g/mol. The smallest absolute Gasteiger partial charge is 0.0725 e. The van der Waals surface area contributed by atoms with Gasteiger partial charge in [0, 0.05) is 34.1 Å². The van der Waals surface area contributed by atoms with E-state index in [0.29, 0.717) is 0 Å². The first kappa shape index (κ1) is 40.3. The van der Waals surface area contributed by atoms with Gasteiger partial charge in [-0.2, -0.15) is 0 Å². The molecule has 0 fully saturated rings. The highest BCUT2D eigenvalue weighted by atomic mass is 15.1. The normalized spacial score (nSPS) is 12.5. The lowest BCUT2D eigenvalue weighted by Crippen LogP contribution is -2.25. The van der Waals surface area contributed by atoms with Gasteiger partial charge in [0.1, 0.15) is 0 Å². The summed E-state index contributed by atoms with van der Waals surface area (Å²) in [5.41, 5.74) is 23.9. The van der Waals surface area contributed by atoms with E-state index in [-0.39, 0.29) is 5.41 Å². The lowest BCUT2D eigenvalue weighted by atomic mass is 9.70. The molecule has 11 aromatic carbocycles. The summed E-state index contributed by atoms with van der Waals surface area (Å²) in [5, 5.41) is 0. The van der Waals surface area contributed by atoms with E-state index in [1.54, 1.807) is 0 Å². The van der Waals surface area contributed by atoms with Crippen LogP contribution in [0.5, 0.6) is 0 Å². The van der Waals surface area contributed by atoms with Crippen molar-refractivity contribution in [2.24, 2.45) is 0 Å². The second-order valence-corrected chi connectivity index (χ2v) is 18.1. The molecule has 0 atom stereocenters. The Morgan fingerprint density at radius 2 is 0.507 bits per heavy atom. The van der Waals surface area contributed by atoms with Crippen molar-refractivity contribution in [3.63, 3.8) is 0 Å². The third-order valence-corrected chi connectivity index (χ3v) is 14.2. The van der Waals surface area contributed by atoms with Crippen LogP contribution in [0.15, 0.2) is 279 Å². The molecular formula is C67H46N2. The molecule has 11 aromatic rings. The lowest BCUT2D eigenvalue weighted by Gasteiger charge is -2.31. The van der Waals surface area contributed by atoms with Gasteiger partial charge in [0.25, 0.3) is 0 Å². The molecule has 13 rings (SSSR count). The third kappa shape index (κ3) is 6.72. The van der Waals surface area contributed by atoms with Gasteiger partial charge in [0.05, 0.1) is 5.41 Å². The maximum atomic E-state index is 2.42. The number of nitrogens with zero attached hydrogens (tertiary/aromatic N) is 2. The predicted molar refractivity (Wildman–Crippen MR) is 288 cm³/mol. The Bertz CT molecular complexity index is 3540. The van der Waals surface area contributed by atoms with Crippen LogP contribution in [0.1, 0.15) is 22.3 Å². The fourth-order valence-corrected chi connectivity index (χ4v) is 11.2. The van der Waals surface area contributed by atoms with Crippen molar-refractivity contribution < 1.29 is 0 Å². The molecule has 2 nitrogen and oxygen atoms in total. The quantitative estimate of drug-likeness (QED) is 0.143. The molecule has 0 radical (unpaired) electrons. The minimum atomic E-state index is -0.373. The van der Waals surface area contributed by atoms with Crippen LogP contribution in [0.2, 0.25) is 0 Å². The number of hydrogen-bond donors (Lipinski definition) is 0. The van der Waals surface area contributed by atoms with Crippen molar-refractivity contribution in [2.45, 2.75) is 5.41 Å². The van der Waals surface area contributed by atoms with Crippen molar-refractivity contribution in [3.05, 3.63) is 301 Å². The first-order valence-electron chi connectivity index (χ1n) is 23.8. The molecule has 2 heteroatoms. The van der Waals surface area contributed by atoms with Crippen LogP contribution >= 0.6 is 0 Å². The average Bonchev–Trinajstić information content (AvgIpc) is 3.90. The fourth-order valence-electron chi connectivity index (χ4n) is 11.2. The zero-order chi connectivity index (χ0) is 45.7. The van der Waals surface area contributed by atoms with E-state index < -0.39 is 0 Å². The molecule has 2 aliphatic rings. The number of benzene rings is 11. The minimum absolute atomic E-state index is 0.373. The highest BCUT2D eigenvalue weighted by Crippen LogP contribution is 2.63. The van der Waals surface area contributed by atoms with Crippen molar-refractivity contribution in [2.75, 3.05) is 9.80 Å². The van der Waals surface area contributed by atoms with E-state index in [0.717, 1.165) is 45.3 Å². The Morgan fingerprint density at radius 1 is 0.188 bits per heavy atom. The highest BCUT2D eigenvalue weighted by molar-refractivity contribution is 5.96. The lowest BCUT2D eigenvalue weighted by molar-refractivity contribution is 0.794. The molecular weight excluding hydrogens is 833 g/mol. The van der Waals surface area contributed by atoms with Crippen molar-refractivity contribution in [3.8, 4) is 55.6 Å². The number of fused-ring (bicyclic) bond motifs is 10. The van der Waals surface area contributed by atoms with E-state index in [1.165, 1.54) is 66.8 Å². The molecule has 1 spiro atoms. The standard InChI is InChI=1S/C67H46N2/c1-5-19-47(20-6-1)51-43-52(48-21-7-2-8-22-48)45-58(44-51)69(54-25-11-4-12-26-54)56-39-35-50(36-40-56)49-33-37-55(38-34-49)68(53-23-9-3-10-24-53)57-41-42-66-62(46-57)61-29-15-18-32-65(61)67(66)63-30-16-13-27-59(63)60-28-14-17-31-64(60)67/h1-46H. The van der Waals surface area contributed by atoms with Gasteiger partial charge < -0.3 is 9.80 Å². The van der Waals surface area contributed by atoms with Crippen molar-refractivity contribution in [1.82, 2.24) is 0 Å². The summed E-state index contributed by atoms with van der Waals surface area (Å²) < 4.78 is 0. The van der Waals surface area contributed by atoms with E-state index in [9.17, 15) is 0 Å². The Labute approximate surface area is 404 Å². The van der Waals surface area contributed by atoms with Crippen LogP contribution in [0.4, 0.5) is 34.1 Å². The minimum Gasteiger partial charge on any atom is -0.310 e. The predicted octanol–water partition coefficient (Wildman–Crippen LogP) is 18.0. The molecule has 69 heavy (non-hydrogen) atoms. The highest BCUT2D eigenvalue weighted by Gasteiger charge is 2.51. The zero-order valence-corrected chi connectivity index (χ0v) is 38.0. The molecule has 0 aromatic heterocycles. The van der Waals surface area contributed by atoms with E-state index in [1.807, 2.05) is 0 Å². The van der Waals surface area contributed by atoms with Gasteiger partial charge in [-0.1, -0.05) is 200 Å². The summed E-state index contributed by atoms with van der Waals surface area (Å²) >= 11 is 0. The van der Waals surface area contributed by atoms with Crippen LogP contribution in [-0.2, 0) is 5.41 Å². The number of para-hydroxylation sites is 2. The summed E-state index contributed by atoms with van der Waals surface area (Å²) in [6.07, 6.45) is 0. The summed E-state index contributed by atoms with van der Waals surface area (Å²) in [7, 11) is 0. The fraction of sp³-hybridized carbons (Fsp3) is 0.0149. The zero-order valence-electron chi connectivity index (χ0n) is 38.0.